The Bertz CT molecular complexity index is 765. The number of fused-ring (bicyclic) bond motifs is 1. The first-order chi connectivity index (χ1) is 10.9. The molecule has 1 aromatic heterocycles. The van der Waals surface area contributed by atoms with Crippen LogP contribution in [0, 0.1) is 0 Å². The molecular formula is C20H20NO+. The lowest BCUT2D eigenvalue weighted by molar-refractivity contribution is -0.695. The van der Waals surface area contributed by atoms with Gasteiger partial charge in [-0.25, -0.2) is 4.57 Å². The van der Waals surface area contributed by atoms with Gasteiger partial charge in [-0.1, -0.05) is 48.5 Å². The second-order valence-electron chi connectivity index (χ2n) is 5.53. The van der Waals surface area contributed by atoms with Crippen LogP contribution in [0.5, 0.6) is 0 Å². The Hall–Kier alpha value is -2.48. The molecule has 2 aromatic carbocycles. The molecule has 0 saturated carbocycles. The molecule has 1 heterocycles. The molecule has 0 atom stereocenters. The zero-order valence-electron chi connectivity index (χ0n) is 12.6. The molecule has 0 spiro atoms. The van der Waals surface area contributed by atoms with E-state index in [9.17, 15) is 4.79 Å². The molecule has 3 rings (SSSR count). The van der Waals surface area contributed by atoms with Crippen LogP contribution in [-0.4, -0.2) is 6.29 Å². The maximum absolute atomic E-state index is 10.4. The quantitative estimate of drug-likeness (QED) is 0.379. The molecule has 2 nitrogen and oxygen atoms in total. The van der Waals surface area contributed by atoms with Crippen LogP contribution in [0.1, 0.15) is 19.3 Å². The van der Waals surface area contributed by atoms with E-state index in [2.05, 4.69) is 65.5 Å². The number of aldehydes is 1. The lowest BCUT2D eigenvalue weighted by Gasteiger charge is -2.06. The van der Waals surface area contributed by atoms with Gasteiger partial charge in [0.25, 0.3) is 0 Å². The summed E-state index contributed by atoms with van der Waals surface area (Å²) in [5, 5.41) is 2.53. The van der Waals surface area contributed by atoms with Gasteiger partial charge in [-0.2, -0.15) is 0 Å². The van der Waals surface area contributed by atoms with E-state index >= 15 is 0 Å². The molecular weight excluding hydrogens is 270 g/mol. The van der Waals surface area contributed by atoms with Crippen molar-refractivity contribution in [2.75, 3.05) is 0 Å². The molecule has 0 aliphatic heterocycles. The molecule has 2 heteroatoms. The van der Waals surface area contributed by atoms with Crippen molar-refractivity contribution in [2.45, 2.75) is 25.8 Å². The zero-order valence-corrected chi connectivity index (χ0v) is 12.6. The molecule has 3 aromatic rings. The molecule has 0 radical (unpaired) electrons. The van der Waals surface area contributed by atoms with Crippen LogP contribution in [-0.2, 0) is 11.3 Å². The number of pyridine rings is 1. The van der Waals surface area contributed by atoms with E-state index in [0.29, 0.717) is 6.42 Å². The van der Waals surface area contributed by atoms with Crippen molar-refractivity contribution in [2.24, 2.45) is 0 Å². The van der Waals surface area contributed by atoms with Crippen molar-refractivity contribution in [1.82, 2.24) is 0 Å². The minimum atomic E-state index is 0.652. The van der Waals surface area contributed by atoms with Crippen LogP contribution < -0.4 is 4.57 Å². The van der Waals surface area contributed by atoms with Crippen LogP contribution in [0.15, 0.2) is 67.0 Å². The third kappa shape index (κ3) is 3.22. The van der Waals surface area contributed by atoms with Gasteiger partial charge in [0.05, 0.1) is 5.56 Å². The molecule has 0 aliphatic rings. The molecule has 0 fully saturated rings. The summed E-state index contributed by atoms with van der Waals surface area (Å²) in [6.07, 6.45) is 8.04. The molecule has 0 N–H and O–H groups in total. The highest BCUT2D eigenvalue weighted by Crippen LogP contribution is 2.26. The summed E-state index contributed by atoms with van der Waals surface area (Å²) in [4.78, 5) is 10.4. The fourth-order valence-corrected chi connectivity index (χ4v) is 2.81. The highest BCUT2D eigenvalue weighted by Gasteiger charge is 2.11. The van der Waals surface area contributed by atoms with Crippen LogP contribution in [0.3, 0.4) is 0 Å². The molecule has 110 valence electrons. The smallest absolute Gasteiger partial charge is 0.177 e. The average Bonchev–Trinajstić information content (AvgIpc) is 2.59. The maximum atomic E-state index is 10.4. The monoisotopic (exact) mass is 290 g/mol. The van der Waals surface area contributed by atoms with Crippen molar-refractivity contribution >= 4 is 17.1 Å². The van der Waals surface area contributed by atoms with Crippen LogP contribution in [0.2, 0.25) is 0 Å². The lowest BCUT2D eigenvalue weighted by atomic mass is 10.0. The Morgan fingerprint density at radius 1 is 0.864 bits per heavy atom. The van der Waals surface area contributed by atoms with E-state index in [1.807, 2.05) is 6.07 Å². The minimum absolute atomic E-state index is 0.652. The number of rotatable bonds is 6. The largest absolute Gasteiger partial charge is 0.303 e. The number of aryl methyl sites for hydroxylation is 1. The van der Waals surface area contributed by atoms with Crippen molar-refractivity contribution < 1.29 is 9.36 Å². The van der Waals surface area contributed by atoms with Gasteiger partial charge >= 0.3 is 0 Å². The van der Waals surface area contributed by atoms with E-state index in [1.165, 1.54) is 21.9 Å². The normalized spacial score (nSPS) is 10.7. The van der Waals surface area contributed by atoms with Crippen molar-refractivity contribution in [1.29, 1.82) is 0 Å². The Labute approximate surface area is 131 Å². The van der Waals surface area contributed by atoms with E-state index in [4.69, 9.17) is 0 Å². The average molecular weight is 290 g/mol. The topological polar surface area (TPSA) is 20.9 Å². The van der Waals surface area contributed by atoms with E-state index < -0.39 is 0 Å². The number of nitrogens with zero attached hydrogens (tertiary/aromatic N) is 1. The van der Waals surface area contributed by atoms with Gasteiger partial charge in [-0.15, -0.1) is 0 Å². The Balaban J connectivity index is 1.99. The van der Waals surface area contributed by atoms with Crippen molar-refractivity contribution in [3.8, 4) is 11.1 Å². The summed E-state index contributed by atoms with van der Waals surface area (Å²) < 4.78 is 2.25. The summed E-state index contributed by atoms with van der Waals surface area (Å²) in [7, 11) is 0. The predicted octanol–water partition coefficient (Wildman–Crippen LogP) is 4.16. The summed E-state index contributed by atoms with van der Waals surface area (Å²) >= 11 is 0. The number of unbranched alkanes of at least 4 members (excludes halogenated alkanes) is 2. The highest BCUT2D eigenvalue weighted by atomic mass is 16.1. The Morgan fingerprint density at radius 2 is 1.64 bits per heavy atom. The third-order valence-electron chi connectivity index (χ3n) is 3.92. The first-order valence-corrected chi connectivity index (χ1v) is 7.79. The van der Waals surface area contributed by atoms with Gasteiger partial charge in [-0.3, -0.25) is 0 Å². The zero-order chi connectivity index (χ0) is 15.2. The number of carbonyl (C=O) groups is 1. The third-order valence-corrected chi connectivity index (χ3v) is 3.92. The van der Waals surface area contributed by atoms with E-state index in [1.54, 1.807) is 0 Å². The predicted molar refractivity (Wildman–Crippen MR) is 89.5 cm³/mol. The summed E-state index contributed by atoms with van der Waals surface area (Å²) in [5.41, 5.74) is 2.50. The fraction of sp³-hybridized carbons (Fsp3) is 0.200. The van der Waals surface area contributed by atoms with Gasteiger partial charge in [0.1, 0.15) is 12.8 Å². The summed E-state index contributed by atoms with van der Waals surface area (Å²) in [5.74, 6) is 0. The highest BCUT2D eigenvalue weighted by molar-refractivity contribution is 5.94. The van der Waals surface area contributed by atoms with E-state index in [0.717, 1.165) is 25.7 Å². The number of benzene rings is 2. The lowest BCUT2D eigenvalue weighted by Crippen LogP contribution is -2.33. The molecule has 22 heavy (non-hydrogen) atoms. The Kier molecular flexibility index (Phi) is 4.59. The minimum Gasteiger partial charge on any atom is -0.303 e. The van der Waals surface area contributed by atoms with Crippen LogP contribution in [0.25, 0.3) is 21.9 Å². The van der Waals surface area contributed by atoms with E-state index in [-0.39, 0.29) is 0 Å². The van der Waals surface area contributed by atoms with Crippen molar-refractivity contribution in [3.05, 3.63) is 67.0 Å². The maximum Gasteiger partial charge on any atom is 0.177 e. The van der Waals surface area contributed by atoms with Gasteiger partial charge in [0, 0.05) is 23.6 Å². The van der Waals surface area contributed by atoms with Crippen molar-refractivity contribution in [3.63, 3.8) is 0 Å². The Morgan fingerprint density at radius 3 is 2.45 bits per heavy atom. The molecule has 0 bridgehead atoms. The molecule has 0 saturated heterocycles. The van der Waals surface area contributed by atoms with Gasteiger partial charge in [-0.05, 0) is 18.1 Å². The first kappa shape index (κ1) is 14.5. The second kappa shape index (κ2) is 6.99. The van der Waals surface area contributed by atoms with Gasteiger partial charge in [0.15, 0.2) is 12.4 Å². The fourth-order valence-electron chi connectivity index (χ4n) is 2.81. The molecule has 0 amide bonds. The standard InChI is InChI=1S/C20H20NO/c22-14-8-2-7-13-21-15-18-11-5-6-12-19(18)20(16-21)17-9-3-1-4-10-17/h1,3-6,9-12,14-16H,2,7-8,13H2/q+1. The van der Waals surface area contributed by atoms with Crippen LogP contribution >= 0.6 is 0 Å². The molecule has 0 aliphatic carbocycles. The van der Waals surface area contributed by atoms with Crippen LogP contribution in [0.4, 0.5) is 0 Å². The van der Waals surface area contributed by atoms with Gasteiger partial charge < -0.3 is 4.79 Å². The van der Waals surface area contributed by atoms with Gasteiger partial charge in [0.2, 0.25) is 0 Å². The number of aromatic nitrogens is 1. The number of carbonyl (C=O) groups excluding carboxylic acids is 1. The SMILES string of the molecule is O=CCCCC[n+]1cc(-c2ccccc2)c2ccccc2c1. The summed E-state index contributed by atoms with van der Waals surface area (Å²) in [6, 6.07) is 19.0. The number of hydrogen-bond donors (Lipinski definition) is 0. The summed E-state index contributed by atoms with van der Waals surface area (Å²) in [6.45, 7) is 0.943. The first-order valence-electron chi connectivity index (χ1n) is 7.79. The molecule has 0 unspecified atom stereocenters. The number of hydrogen-bond acceptors (Lipinski definition) is 1. The second-order valence-corrected chi connectivity index (χ2v) is 5.53.